The minimum Gasteiger partial charge on any atom is -0.259 e. The summed E-state index contributed by atoms with van der Waals surface area (Å²) in [6, 6.07) is -0.536. The highest BCUT2D eigenvalue weighted by Gasteiger charge is 2.32. The van der Waals surface area contributed by atoms with Crippen LogP contribution >= 0.6 is 0 Å². The molecule has 1 heterocycles. The van der Waals surface area contributed by atoms with Crippen molar-refractivity contribution in [3.63, 3.8) is 0 Å². The van der Waals surface area contributed by atoms with Crippen molar-refractivity contribution in [3.05, 3.63) is 0 Å². The van der Waals surface area contributed by atoms with Crippen LogP contribution in [-0.2, 0) is 0 Å². The van der Waals surface area contributed by atoms with E-state index in [9.17, 15) is 9.59 Å². The number of hydrogen-bond donors (Lipinski definition) is 1. The lowest BCUT2D eigenvalue weighted by Gasteiger charge is -2.29. The van der Waals surface area contributed by atoms with Crippen molar-refractivity contribution in [2.24, 2.45) is 5.92 Å². The SMILES string of the molecule is CC(C)CCN1C(=O)NC1=O. The first-order valence-electron chi connectivity index (χ1n) is 3.73. The summed E-state index contributed by atoms with van der Waals surface area (Å²) in [6.45, 7) is 4.66. The molecule has 1 aliphatic heterocycles. The highest BCUT2D eigenvalue weighted by Crippen LogP contribution is 2.07. The molecule has 11 heavy (non-hydrogen) atoms. The number of carbonyl (C=O) groups excluding carboxylic acids is 2. The number of carbonyl (C=O) groups is 2. The molecular formula is C7H12N2O2. The molecule has 1 aliphatic rings. The predicted octanol–water partition coefficient (Wildman–Crippen LogP) is 1.18. The second-order valence-corrected chi connectivity index (χ2v) is 3.07. The minimum absolute atomic E-state index is 0.268. The van der Waals surface area contributed by atoms with Crippen molar-refractivity contribution >= 4 is 12.1 Å². The zero-order valence-corrected chi connectivity index (χ0v) is 6.76. The second-order valence-electron chi connectivity index (χ2n) is 3.07. The molecule has 1 saturated heterocycles. The molecule has 0 saturated carbocycles. The third-order valence-electron chi connectivity index (χ3n) is 1.63. The number of imide groups is 2. The summed E-state index contributed by atoms with van der Waals surface area (Å²) in [5.41, 5.74) is 0. The van der Waals surface area contributed by atoms with Crippen molar-refractivity contribution in [1.82, 2.24) is 10.2 Å². The zero-order valence-electron chi connectivity index (χ0n) is 6.76. The van der Waals surface area contributed by atoms with Gasteiger partial charge in [-0.15, -0.1) is 0 Å². The Bertz CT molecular complexity index is 175. The van der Waals surface area contributed by atoms with Gasteiger partial charge < -0.3 is 0 Å². The molecule has 0 spiro atoms. The molecule has 0 aromatic heterocycles. The van der Waals surface area contributed by atoms with Gasteiger partial charge in [-0.3, -0.25) is 5.32 Å². The summed E-state index contributed by atoms with van der Waals surface area (Å²) in [6.07, 6.45) is 0.874. The molecule has 0 aromatic carbocycles. The second kappa shape index (κ2) is 2.90. The summed E-state index contributed by atoms with van der Waals surface area (Å²) < 4.78 is 0. The van der Waals surface area contributed by atoms with Crippen molar-refractivity contribution in [2.45, 2.75) is 20.3 Å². The Labute approximate surface area is 65.6 Å². The number of nitrogens with zero attached hydrogens (tertiary/aromatic N) is 1. The average Bonchev–Trinajstić information content (AvgIpc) is 1.86. The predicted molar refractivity (Wildman–Crippen MR) is 40.1 cm³/mol. The Morgan fingerprint density at radius 3 is 2.27 bits per heavy atom. The first kappa shape index (κ1) is 8.04. The maximum atomic E-state index is 10.6. The van der Waals surface area contributed by atoms with Gasteiger partial charge in [-0.2, -0.15) is 0 Å². The fourth-order valence-electron chi connectivity index (χ4n) is 0.856. The lowest BCUT2D eigenvalue weighted by Crippen LogP contribution is -2.61. The van der Waals surface area contributed by atoms with Crippen LogP contribution in [0.25, 0.3) is 0 Å². The van der Waals surface area contributed by atoms with E-state index in [4.69, 9.17) is 0 Å². The Kier molecular flexibility index (Phi) is 2.12. The van der Waals surface area contributed by atoms with Crippen LogP contribution in [0.2, 0.25) is 0 Å². The normalized spacial score (nSPS) is 16.8. The van der Waals surface area contributed by atoms with Gasteiger partial charge in [0.15, 0.2) is 0 Å². The maximum Gasteiger partial charge on any atom is 0.333 e. The van der Waals surface area contributed by atoms with Gasteiger partial charge in [-0.1, -0.05) is 13.8 Å². The Balaban J connectivity index is 2.26. The summed E-state index contributed by atoms with van der Waals surface area (Å²) in [4.78, 5) is 22.5. The van der Waals surface area contributed by atoms with Gasteiger partial charge >= 0.3 is 12.1 Å². The third kappa shape index (κ3) is 1.69. The number of rotatable bonds is 3. The molecule has 0 radical (unpaired) electrons. The van der Waals surface area contributed by atoms with Crippen LogP contribution in [0.15, 0.2) is 0 Å². The molecule has 1 N–H and O–H groups in total. The zero-order chi connectivity index (χ0) is 8.43. The van der Waals surface area contributed by atoms with Gasteiger partial charge in [0.05, 0.1) is 0 Å². The molecule has 62 valence electrons. The van der Waals surface area contributed by atoms with Crippen molar-refractivity contribution in [2.75, 3.05) is 6.54 Å². The van der Waals surface area contributed by atoms with E-state index in [1.807, 2.05) is 0 Å². The van der Waals surface area contributed by atoms with E-state index in [2.05, 4.69) is 19.2 Å². The minimum atomic E-state index is -0.268. The Hall–Kier alpha value is -1.06. The van der Waals surface area contributed by atoms with Gasteiger partial charge in [0, 0.05) is 6.54 Å². The fourth-order valence-corrected chi connectivity index (χ4v) is 0.856. The number of urea groups is 2. The van der Waals surface area contributed by atoms with Gasteiger partial charge in [0.1, 0.15) is 0 Å². The molecule has 0 atom stereocenters. The number of amides is 4. The van der Waals surface area contributed by atoms with Crippen molar-refractivity contribution in [1.29, 1.82) is 0 Å². The average molecular weight is 156 g/mol. The molecule has 0 aliphatic carbocycles. The van der Waals surface area contributed by atoms with Gasteiger partial charge in [-0.25, -0.2) is 14.5 Å². The molecule has 4 heteroatoms. The molecule has 0 aromatic rings. The van der Waals surface area contributed by atoms with Crippen LogP contribution in [0.4, 0.5) is 9.59 Å². The van der Waals surface area contributed by atoms with Crippen molar-refractivity contribution in [3.8, 4) is 0 Å². The van der Waals surface area contributed by atoms with E-state index in [1.165, 1.54) is 4.90 Å². The Morgan fingerprint density at radius 2 is 1.91 bits per heavy atom. The van der Waals surface area contributed by atoms with E-state index in [-0.39, 0.29) is 12.1 Å². The van der Waals surface area contributed by atoms with Gasteiger partial charge in [0.2, 0.25) is 0 Å². The standard InChI is InChI=1S/C7H12N2O2/c1-5(2)3-4-9-6(10)8-7(9)11/h5H,3-4H2,1-2H3,(H,8,10,11). The van der Waals surface area contributed by atoms with E-state index >= 15 is 0 Å². The van der Waals surface area contributed by atoms with E-state index < -0.39 is 0 Å². The third-order valence-corrected chi connectivity index (χ3v) is 1.63. The largest absolute Gasteiger partial charge is 0.333 e. The fraction of sp³-hybridized carbons (Fsp3) is 0.714. The maximum absolute atomic E-state index is 10.6. The molecule has 4 amide bonds. The number of nitrogens with one attached hydrogen (secondary N) is 1. The molecule has 4 nitrogen and oxygen atoms in total. The highest BCUT2D eigenvalue weighted by molar-refractivity contribution is 6.11. The Morgan fingerprint density at radius 1 is 1.36 bits per heavy atom. The molecule has 1 fully saturated rings. The van der Waals surface area contributed by atoms with E-state index in [0.717, 1.165) is 6.42 Å². The first-order chi connectivity index (χ1) is 5.11. The van der Waals surface area contributed by atoms with E-state index in [0.29, 0.717) is 12.5 Å². The van der Waals surface area contributed by atoms with Crippen LogP contribution in [0.1, 0.15) is 20.3 Å². The van der Waals surface area contributed by atoms with Gasteiger partial charge in [0.25, 0.3) is 0 Å². The van der Waals surface area contributed by atoms with Crippen molar-refractivity contribution < 1.29 is 9.59 Å². The first-order valence-corrected chi connectivity index (χ1v) is 3.73. The summed E-state index contributed by atoms with van der Waals surface area (Å²) >= 11 is 0. The molecule has 0 unspecified atom stereocenters. The number of hydrogen-bond acceptors (Lipinski definition) is 2. The van der Waals surface area contributed by atoms with Crippen LogP contribution in [0, 0.1) is 5.92 Å². The van der Waals surface area contributed by atoms with Crippen LogP contribution in [-0.4, -0.2) is 23.5 Å². The summed E-state index contributed by atoms with van der Waals surface area (Å²) in [5.74, 6) is 0.524. The van der Waals surface area contributed by atoms with Crippen LogP contribution in [0.3, 0.4) is 0 Å². The van der Waals surface area contributed by atoms with Crippen LogP contribution < -0.4 is 5.32 Å². The lowest BCUT2D eigenvalue weighted by atomic mass is 10.1. The van der Waals surface area contributed by atoms with Crippen LogP contribution in [0.5, 0.6) is 0 Å². The molecule has 0 bridgehead atoms. The quantitative estimate of drug-likeness (QED) is 0.667. The summed E-state index contributed by atoms with van der Waals surface area (Å²) in [5, 5.41) is 2.13. The molecular weight excluding hydrogens is 144 g/mol. The lowest BCUT2D eigenvalue weighted by molar-refractivity contribution is 0.159. The smallest absolute Gasteiger partial charge is 0.259 e. The molecule has 1 rings (SSSR count). The topological polar surface area (TPSA) is 49.4 Å². The summed E-state index contributed by atoms with van der Waals surface area (Å²) in [7, 11) is 0. The monoisotopic (exact) mass is 156 g/mol. The highest BCUT2D eigenvalue weighted by atomic mass is 16.2. The van der Waals surface area contributed by atoms with Gasteiger partial charge in [-0.05, 0) is 12.3 Å². The van der Waals surface area contributed by atoms with E-state index in [1.54, 1.807) is 0 Å².